The third-order valence-electron chi connectivity index (χ3n) is 10.8. The van der Waals surface area contributed by atoms with E-state index in [9.17, 15) is 0 Å². The Labute approximate surface area is 369 Å². The number of benzene rings is 7. The molecular weight excluding hydrogens is 787 g/mol. The molecule has 0 saturated heterocycles. The van der Waals surface area contributed by atoms with E-state index >= 15 is 14.4 Å². The van der Waals surface area contributed by atoms with E-state index in [1.165, 1.54) is 21.3 Å². The van der Waals surface area contributed by atoms with Crippen LogP contribution < -0.4 is 14.7 Å². The van der Waals surface area contributed by atoms with Gasteiger partial charge in [0.05, 0.1) is 38.4 Å². The van der Waals surface area contributed by atoms with Crippen molar-refractivity contribution in [3.63, 3.8) is 0 Å². The highest BCUT2D eigenvalue weighted by molar-refractivity contribution is 6.19. The van der Waals surface area contributed by atoms with Crippen LogP contribution in [0.5, 0.6) is 0 Å². The molecule has 0 saturated carbocycles. The molecule has 0 aliphatic rings. The van der Waals surface area contributed by atoms with Crippen molar-refractivity contribution >= 4 is 35.0 Å². The fraction of sp³-hybridized carbons (Fsp3) is 0.167. The van der Waals surface area contributed by atoms with E-state index in [0.717, 1.165) is 33.4 Å². The molecule has 318 valence electrons. The van der Waals surface area contributed by atoms with Gasteiger partial charge in [0.2, 0.25) is 0 Å². The van der Waals surface area contributed by atoms with Gasteiger partial charge in [0, 0.05) is 39.3 Å². The van der Waals surface area contributed by atoms with Gasteiger partial charge in [0.15, 0.2) is 0 Å². The van der Waals surface area contributed by atoms with Crippen molar-refractivity contribution in [3.8, 4) is 0 Å². The van der Waals surface area contributed by atoms with E-state index in [-0.39, 0.29) is 73.0 Å². The average molecular weight is 838 g/mol. The normalized spacial score (nSPS) is 10.7. The van der Waals surface area contributed by atoms with Crippen molar-refractivity contribution in [2.45, 2.75) is 39.3 Å². The number of hydrogen-bond acceptors (Lipinski definition) is 9. The highest BCUT2D eigenvalue weighted by Gasteiger charge is 2.41. The van der Waals surface area contributed by atoms with E-state index in [2.05, 4.69) is 0 Å². The molecule has 0 amide bonds. The van der Waals surface area contributed by atoms with Crippen molar-refractivity contribution in [1.29, 1.82) is 0 Å². The van der Waals surface area contributed by atoms with Crippen molar-refractivity contribution in [2.75, 3.05) is 36.0 Å². The molecule has 7 aromatic rings. The van der Waals surface area contributed by atoms with Gasteiger partial charge in [-0.1, -0.05) is 182 Å². The van der Waals surface area contributed by atoms with Crippen molar-refractivity contribution < 1.29 is 28.6 Å². The Kier molecular flexibility index (Phi) is 14.6. The molecule has 0 radical (unpaired) electrons. The molecule has 0 N–H and O–H groups in total. The van der Waals surface area contributed by atoms with E-state index in [1.807, 2.05) is 197 Å². The second-order valence-electron chi connectivity index (χ2n) is 15.1. The van der Waals surface area contributed by atoms with Crippen LogP contribution in [-0.4, -0.2) is 39.2 Å². The monoisotopic (exact) mass is 837 g/mol. The van der Waals surface area contributed by atoms with Crippen LogP contribution in [0.25, 0.3) is 0 Å². The van der Waals surface area contributed by atoms with Gasteiger partial charge >= 0.3 is 17.9 Å². The summed E-state index contributed by atoms with van der Waals surface area (Å²) in [5.41, 5.74) is 6.43. The summed E-state index contributed by atoms with van der Waals surface area (Å²) < 4.78 is 17.2. The summed E-state index contributed by atoms with van der Waals surface area (Å²) in [5, 5.41) is 0. The molecule has 9 heteroatoms. The minimum absolute atomic E-state index is 0.0279. The van der Waals surface area contributed by atoms with E-state index in [0.29, 0.717) is 0 Å². The molecule has 0 atom stereocenters. The summed E-state index contributed by atoms with van der Waals surface area (Å²) in [6, 6.07) is 59.2. The molecule has 0 spiro atoms. The van der Waals surface area contributed by atoms with E-state index < -0.39 is 17.9 Å². The van der Waals surface area contributed by atoms with Crippen LogP contribution in [0.1, 0.15) is 64.5 Å². The number of ether oxygens (including phenoxy) is 3. The molecule has 63 heavy (non-hydrogen) atoms. The average Bonchev–Trinajstić information content (AvgIpc) is 3.33. The van der Waals surface area contributed by atoms with Crippen LogP contribution in [0.4, 0.5) is 17.1 Å². The van der Waals surface area contributed by atoms with Crippen molar-refractivity contribution in [2.24, 2.45) is 0 Å². The van der Waals surface area contributed by atoms with Gasteiger partial charge < -0.3 is 28.9 Å². The summed E-state index contributed by atoms with van der Waals surface area (Å²) >= 11 is 0. The van der Waals surface area contributed by atoms with E-state index in [1.54, 1.807) is 0 Å². The zero-order valence-electron chi connectivity index (χ0n) is 35.9. The standard InChI is InChI=1S/C54H51N3O6/c1-61-52(58)46-49(55(34-40-22-10-4-11-23-40)35-41-24-12-5-13-25-41)47(53(59)62-2)51(57(38-44-30-18-8-19-31-44)39-45-32-20-9-21-33-45)48(54(60)63-3)50(46)56(36-42-26-14-6-15-27-42)37-43-28-16-7-17-29-43/h4-33H,34-39H2,1-3H3. The van der Waals surface area contributed by atoms with Crippen molar-refractivity contribution in [1.82, 2.24) is 0 Å². The van der Waals surface area contributed by atoms with Gasteiger partial charge in [0.25, 0.3) is 0 Å². The Morgan fingerprint density at radius 3 is 0.603 bits per heavy atom. The Morgan fingerprint density at radius 1 is 0.302 bits per heavy atom. The number of carbonyl (C=O) groups excluding carboxylic acids is 3. The second-order valence-corrected chi connectivity index (χ2v) is 15.1. The van der Waals surface area contributed by atoms with Gasteiger partial charge in [-0.2, -0.15) is 0 Å². The first-order chi connectivity index (χ1) is 30.9. The summed E-state index contributed by atoms with van der Waals surface area (Å²) in [7, 11) is 3.94. The maximum Gasteiger partial charge on any atom is 0.342 e. The Balaban J connectivity index is 1.68. The Hall–Kier alpha value is -7.65. The number of hydrogen-bond donors (Lipinski definition) is 0. The second kappa shape index (κ2) is 21.2. The molecule has 0 unspecified atom stereocenters. The Bertz CT molecular complexity index is 2140. The quantitative estimate of drug-likeness (QED) is 0.0619. The smallest absolute Gasteiger partial charge is 0.342 e. The lowest BCUT2D eigenvalue weighted by Crippen LogP contribution is -2.35. The van der Waals surface area contributed by atoms with Gasteiger partial charge in [-0.05, 0) is 33.4 Å². The number of anilines is 3. The maximum atomic E-state index is 15.1. The van der Waals surface area contributed by atoms with Gasteiger partial charge in [-0.3, -0.25) is 0 Å². The zero-order valence-corrected chi connectivity index (χ0v) is 35.9. The number of esters is 3. The van der Waals surface area contributed by atoms with Crippen LogP contribution in [0.15, 0.2) is 182 Å². The first kappa shape index (κ1) is 43.4. The minimum Gasteiger partial charge on any atom is -0.465 e. The predicted octanol–water partition coefficient (Wildman–Crippen LogP) is 10.7. The fourth-order valence-electron chi connectivity index (χ4n) is 8.01. The summed E-state index contributed by atoms with van der Waals surface area (Å²) in [4.78, 5) is 51.3. The molecule has 9 nitrogen and oxygen atoms in total. The highest BCUT2D eigenvalue weighted by atomic mass is 16.5. The van der Waals surface area contributed by atoms with Crippen LogP contribution >= 0.6 is 0 Å². The lowest BCUT2D eigenvalue weighted by atomic mass is 9.91. The summed E-state index contributed by atoms with van der Waals surface area (Å²) in [6.07, 6.45) is 0. The summed E-state index contributed by atoms with van der Waals surface area (Å²) in [5.74, 6) is -2.22. The molecule has 0 heterocycles. The number of carbonyl (C=O) groups is 3. The molecule has 0 aliphatic carbocycles. The molecular formula is C54H51N3O6. The lowest BCUT2D eigenvalue weighted by molar-refractivity contribution is 0.0600. The van der Waals surface area contributed by atoms with Gasteiger partial charge in [-0.25, -0.2) is 14.4 Å². The summed E-state index contributed by atoms with van der Waals surface area (Å²) in [6.45, 7) is 1.64. The Morgan fingerprint density at radius 2 is 0.460 bits per heavy atom. The predicted molar refractivity (Wildman–Crippen MR) is 249 cm³/mol. The molecule has 7 aromatic carbocycles. The largest absolute Gasteiger partial charge is 0.465 e. The third-order valence-corrected chi connectivity index (χ3v) is 10.8. The van der Waals surface area contributed by atoms with Gasteiger partial charge in [0.1, 0.15) is 16.7 Å². The first-order valence-corrected chi connectivity index (χ1v) is 20.9. The molecule has 0 aromatic heterocycles. The lowest BCUT2D eigenvalue weighted by Gasteiger charge is -2.38. The van der Waals surface area contributed by atoms with Gasteiger partial charge in [-0.15, -0.1) is 0 Å². The van der Waals surface area contributed by atoms with Crippen molar-refractivity contribution in [3.05, 3.63) is 232 Å². The SMILES string of the molecule is COC(=O)c1c(N(Cc2ccccc2)Cc2ccccc2)c(C(=O)OC)c(N(Cc2ccccc2)Cc2ccccc2)c(C(=O)OC)c1N(Cc1ccccc1)Cc1ccccc1. The first-order valence-electron chi connectivity index (χ1n) is 20.9. The minimum atomic E-state index is -0.739. The molecule has 0 aliphatic heterocycles. The van der Waals surface area contributed by atoms with Crippen LogP contribution in [-0.2, 0) is 53.5 Å². The number of rotatable bonds is 18. The fourth-order valence-corrected chi connectivity index (χ4v) is 8.01. The topological polar surface area (TPSA) is 88.6 Å². The van der Waals surface area contributed by atoms with Crippen LogP contribution in [0, 0.1) is 0 Å². The highest BCUT2D eigenvalue weighted by Crippen LogP contribution is 2.48. The van der Waals surface area contributed by atoms with E-state index in [4.69, 9.17) is 14.2 Å². The molecule has 0 bridgehead atoms. The third kappa shape index (κ3) is 10.6. The van der Waals surface area contributed by atoms with Crippen LogP contribution in [0.2, 0.25) is 0 Å². The van der Waals surface area contributed by atoms with Crippen LogP contribution in [0.3, 0.4) is 0 Å². The molecule has 7 rings (SSSR count). The number of nitrogens with zero attached hydrogens (tertiary/aromatic N) is 3. The molecule has 0 fully saturated rings. The zero-order chi connectivity index (χ0) is 44.0. The number of methoxy groups -OCH3 is 3. The maximum absolute atomic E-state index is 15.1.